The maximum absolute atomic E-state index is 12.0. The van der Waals surface area contributed by atoms with Gasteiger partial charge in [-0.15, -0.1) is 0 Å². The molecule has 5 nitrogen and oxygen atoms in total. The Kier molecular flexibility index (Phi) is 3.25. The zero-order valence-corrected chi connectivity index (χ0v) is 12.5. The summed E-state index contributed by atoms with van der Waals surface area (Å²) in [5, 5.41) is 3.55. The molecule has 0 aromatic carbocycles. The Morgan fingerprint density at radius 1 is 1.24 bits per heavy atom. The van der Waals surface area contributed by atoms with E-state index in [2.05, 4.69) is 15.2 Å². The molecule has 0 unspecified atom stereocenters. The Balaban J connectivity index is 1.70. The van der Waals surface area contributed by atoms with E-state index in [0.29, 0.717) is 5.92 Å². The lowest BCUT2D eigenvalue weighted by Gasteiger charge is -2.50. The van der Waals surface area contributed by atoms with E-state index in [9.17, 15) is 4.79 Å². The fourth-order valence-electron chi connectivity index (χ4n) is 4.01. The second-order valence-electron chi connectivity index (χ2n) is 6.88. The van der Waals surface area contributed by atoms with Crippen LogP contribution in [0.25, 0.3) is 0 Å². The molecule has 1 aliphatic heterocycles. The van der Waals surface area contributed by atoms with Crippen molar-refractivity contribution in [2.45, 2.75) is 56.4 Å². The molecule has 2 N–H and O–H groups in total. The van der Waals surface area contributed by atoms with Gasteiger partial charge in [-0.1, -0.05) is 19.3 Å². The summed E-state index contributed by atoms with van der Waals surface area (Å²) in [6.07, 6.45) is 8.68. The first-order valence-corrected chi connectivity index (χ1v) is 8.37. The number of aromatic nitrogens is 2. The first kappa shape index (κ1) is 13.3. The van der Waals surface area contributed by atoms with Crippen molar-refractivity contribution in [1.82, 2.24) is 15.3 Å². The predicted octanol–water partition coefficient (Wildman–Crippen LogP) is 1.76. The lowest BCUT2D eigenvalue weighted by molar-refractivity contribution is 0.239. The van der Waals surface area contributed by atoms with Crippen molar-refractivity contribution in [3.05, 3.63) is 22.2 Å². The number of aromatic amines is 1. The number of piperazine rings is 1. The van der Waals surface area contributed by atoms with Crippen LogP contribution in [0.3, 0.4) is 0 Å². The first-order chi connectivity index (χ1) is 10.3. The molecule has 1 aromatic heterocycles. The summed E-state index contributed by atoms with van der Waals surface area (Å²) in [6.45, 7) is 2.97. The van der Waals surface area contributed by atoms with E-state index >= 15 is 0 Å². The van der Waals surface area contributed by atoms with Crippen LogP contribution >= 0.6 is 0 Å². The SMILES string of the molecule is O=c1cc(N2CCNCC23CCCCC3)nc(C2CC2)[nH]1. The predicted molar refractivity (Wildman–Crippen MR) is 82.9 cm³/mol. The highest BCUT2D eigenvalue weighted by atomic mass is 16.1. The van der Waals surface area contributed by atoms with Gasteiger partial charge in [-0.3, -0.25) is 4.79 Å². The topological polar surface area (TPSA) is 61.0 Å². The minimum absolute atomic E-state index is 0.00592. The molecule has 1 spiro atoms. The highest BCUT2D eigenvalue weighted by Crippen LogP contribution is 2.40. The van der Waals surface area contributed by atoms with Crippen LogP contribution in [0, 0.1) is 0 Å². The molecule has 1 saturated heterocycles. The Morgan fingerprint density at radius 3 is 2.81 bits per heavy atom. The largest absolute Gasteiger partial charge is 0.348 e. The first-order valence-electron chi connectivity index (χ1n) is 8.37. The van der Waals surface area contributed by atoms with Gasteiger partial charge in [0, 0.05) is 31.6 Å². The number of hydrogen-bond acceptors (Lipinski definition) is 4. The van der Waals surface area contributed by atoms with Gasteiger partial charge in [0.1, 0.15) is 11.6 Å². The lowest BCUT2D eigenvalue weighted by Crippen LogP contribution is -2.62. The fraction of sp³-hybridized carbons (Fsp3) is 0.750. The number of rotatable bonds is 2. The van der Waals surface area contributed by atoms with Crippen LogP contribution in [0.1, 0.15) is 56.7 Å². The normalized spacial score (nSPS) is 25.2. The zero-order chi connectivity index (χ0) is 14.3. The maximum atomic E-state index is 12.0. The molecule has 2 saturated carbocycles. The Labute approximate surface area is 125 Å². The molecule has 0 radical (unpaired) electrons. The number of H-pyrrole nitrogens is 1. The summed E-state index contributed by atoms with van der Waals surface area (Å²) in [5.74, 6) is 2.30. The third-order valence-electron chi connectivity index (χ3n) is 5.31. The minimum Gasteiger partial charge on any atom is -0.348 e. The monoisotopic (exact) mass is 288 g/mol. The minimum atomic E-state index is 0.00592. The van der Waals surface area contributed by atoms with Crippen molar-refractivity contribution in [1.29, 1.82) is 0 Å². The van der Waals surface area contributed by atoms with Gasteiger partial charge in [0.05, 0.1) is 5.54 Å². The summed E-state index contributed by atoms with van der Waals surface area (Å²) in [7, 11) is 0. The van der Waals surface area contributed by atoms with Gasteiger partial charge in [0.25, 0.3) is 5.56 Å². The highest BCUT2D eigenvalue weighted by Gasteiger charge is 2.41. The molecule has 21 heavy (non-hydrogen) atoms. The Morgan fingerprint density at radius 2 is 2.05 bits per heavy atom. The summed E-state index contributed by atoms with van der Waals surface area (Å²) >= 11 is 0. The van der Waals surface area contributed by atoms with Gasteiger partial charge in [0.15, 0.2) is 0 Å². The molecule has 0 atom stereocenters. The number of anilines is 1. The molecule has 0 bridgehead atoms. The molecule has 2 aliphatic carbocycles. The third kappa shape index (κ3) is 2.48. The molecule has 4 rings (SSSR count). The molecule has 0 amide bonds. The van der Waals surface area contributed by atoms with Crippen LogP contribution in [0.5, 0.6) is 0 Å². The van der Waals surface area contributed by atoms with Crippen LogP contribution in [-0.4, -0.2) is 35.1 Å². The van der Waals surface area contributed by atoms with Crippen LogP contribution in [-0.2, 0) is 0 Å². The van der Waals surface area contributed by atoms with E-state index in [1.807, 2.05) is 0 Å². The molecule has 3 fully saturated rings. The van der Waals surface area contributed by atoms with Crippen molar-refractivity contribution < 1.29 is 0 Å². The van der Waals surface area contributed by atoms with E-state index in [1.165, 1.54) is 44.9 Å². The number of nitrogens with zero attached hydrogens (tertiary/aromatic N) is 2. The van der Waals surface area contributed by atoms with Crippen molar-refractivity contribution in [3.8, 4) is 0 Å². The summed E-state index contributed by atoms with van der Waals surface area (Å²) in [6, 6.07) is 1.70. The third-order valence-corrected chi connectivity index (χ3v) is 5.31. The molecule has 114 valence electrons. The standard InChI is InChI=1S/C16H24N4O/c21-14-10-13(18-15(19-14)12-4-5-12)20-9-8-17-11-16(20)6-2-1-3-7-16/h10,12,17H,1-9,11H2,(H,18,19,21). The van der Waals surface area contributed by atoms with Gasteiger partial charge >= 0.3 is 0 Å². The number of nitrogens with one attached hydrogen (secondary N) is 2. The van der Waals surface area contributed by atoms with Crippen molar-refractivity contribution >= 4 is 5.82 Å². The summed E-state index contributed by atoms with van der Waals surface area (Å²) < 4.78 is 0. The van der Waals surface area contributed by atoms with E-state index in [4.69, 9.17) is 4.98 Å². The zero-order valence-electron chi connectivity index (χ0n) is 12.5. The highest BCUT2D eigenvalue weighted by molar-refractivity contribution is 5.43. The number of hydrogen-bond donors (Lipinski definition) is 2. The second kappa shape index (κ2) is 5.13. The van der Waals surface area contributed by atoms with Gasteiger partial charge in [-0.05, 0) is 25.7 Å². The van der Waals surface area contributed by atoms with Crippen molar-refractivity contribution in [3.63, 3.8) is 0 Å². The molecule has 5 heteroatoms. The van der Waals surface area contributed by atoms with Gasteiger partial charge in [-0.2, -0.15) is 0 Å². The molecular formula is C16H24N4O. The van der Waals surface area contributed by atoms with Gasteiger partial charge in [0.2, 0.25) is 0 Å². The van der Waals surface area contributed by atoms with Crippen LogP contribution in [0.4, 0.5) is 5.82 Å². The Hall–Kier alpha value is -1.36. The fourth-order valence-corrected chi connectivity index (χ4v) is 4.01. The average molecular weight is 288 g/mol. The summed E-state index contributed by atoms with van der Waals surface area (Å²) in [4.78, 5) is 22.2. The van der Waals surface area contributed by atoms with E-state index in [-0.39, 0.29) is 11.1 Å². The van der Waals surface area contributed by atoms with Gasteiger partial charge < -0.3 is 15.2 Å². The van der Waals surface area contributed by atoms with Crippen LogP contribution in [0.15, 0.2) is 10.9 Å². The smallest absolute Gasteiger partial charge is 0.252 e. The van der Waals surface area contributed by atoms with Crippen LogP contribution in [0.2, 0.25) is 0 Å². The van der Waals surface area contributed by atoms with Crippen LogP contribution < -0.4 is 15.8 Å². The molecule has 1 aromatic rings. The molecular weight excluding hydrogens is 264 g/mol. The van der Waals surface area contributed by atoms with E-state index in [0.717, 1.165) is 31.3 Å². The van der Waals surface area contributed by atoms with Crippen molar-refractivity contribution in [2.75, 3.05) is 24.5 Å². The Bertz CT molecular complexity index is 564. The second-order valence-corrected chi connectivity index (χ2v) is 6.88. The van der Waals surface area contributed by atoms with Crippen molar-refractivity contribution in [2.24, 2.45) is 0 Å². The average Bonchev–Trinajstić information content (AvgIpc) is 3.32. The molecule has 3 aliphatic rings. The summed E-state index contributed by atoms with van der Waals surface area (Å²) in [5.41, 5.74) is 0.185. The maximum Gasteiger partial charge on any atom is 0.252 e. The lowest BCUT2D eigenvalue weighted by atomic mass is 9.79. The quantitative estimate of drug-likeness (QED) is 0.870. The molecule has 2 heterocycles. The van der Waals surface area contributed by atoms with E-state index in [1.54, 1.807) is 6.07 Å². The van der Waals surface area contributed by atoms with Gasteiger partial charge in [-0.25, -0.2) is 4.98 Å². The van der Waals surface area contributed by atoms with E-state index < -0.39 is 0 Å².